The molecular formula is C25H25F2N3O2. The maximum atomic E-state index is 14.4. The van der Waals surface area contributed by atoms with Crippen molar-refractivity contribution in [3.63, 3.8) is 0 Å². The van der Waals surface area contributed by atoms with E-state index in [1.165, 1.54) is 18.2 Å². The van der Waals surface area contributed by atoms with Crippen LogP contribution in [0.2, 0.25) is 0 Å². The molecule has 0 saturated heterocycles. The van der Waals surface area contributed by atoms with Crippen LogP contribution in [0.3, 0.4) is 0 Å². The number of carbonyl (C=O) groups excluding carboxylic acids is 1. The molecule has 1 amide bonds. The van der Waals surface area contributed by atoms with Gasteiger partial charge in [0.2, 0.25) is 0 Å². The number of amides is 1. The number of aliphatic hydroxyl groups is 1. The van der Waals surface area contributed by atoms with Gasteiger partial charge in [-0.2, -0.15) is 0 Å². The molecule has 0 spiro atoms. The van der Waals surface area contributed by atoms with Crippen LogP contribution in [-0.2, 0) is 0 Å². The summed E-state index contributed by atoms with van der Waals surface area (Å²) >= 11 is 0. The highest BCUT2D eigenvalue weighted by Gasteiger charge is 2.28. The molecule has 3 atom stereocenters. The summed E-state index contributed by atoms with van der Waals surface area (Å²) in [7, 11) is 0. The first-order chi connectivity index (χ1) is 15.3. The third-order valence-electron chi connectivity index (χ3n) is 6.12. The van der Waals surface area contributed by atoms with E-state index in [1.807, 2.05) is 13.0 Å². The first-order valence-electron chi connectivity index (χ1n) is 10.7. The number of aromatic nitrogens is 2. The maximum Gasteiger partial charge on any atom is 0.274 e. The van der Waals surface area contributed by atoms with Crippen molar-refractivity contribution in [3.8, 4) is 11.3 Å². The largest absolute Gasteiger partial charge is 0.393 e. The summed E-state index contributed by atoms with van der Waals surface area (Å²) in [6, 6.07) is 8.60. The van der Waals surface area contributed by atoms with Gasteiger partial charge in [-0.25, -0.2) is 13.8 Å². The third kappa shape index (κ3) is 4.53. The number of halogens is 2. The summed E-state index contributed by atoms with van der Waals surface area (Å²) in [5.74, 6) is -1.50. The Labute approximate surface area is 185 Å². The molecule has 1 aromatic carbocycles. The van der Waals surface area contributed by atoms with Gasteiger partial charge in [0.25, 0.3) is 5.91 Å². The Kier molecular flexibility index (Phi) is 6.28. The van der Waals surface area contributed by atoms with E-state index in [9.17, 15) is 18.7 Å². The Bertz CT molecular complexity index is 1150. The second-order valence-corrected chi connectivity index (χ2v) is 8.48. The highest BCUT2D eigenvalue weighted by Crippen LogP contribution is 2.39. The molecule has 7 heteroatoms. The SMILES string of the molecule is Cc1ccc(F)c(-c2nc(C(=O)Nc3cnccc3[C@H]3CCC(O)[C@@H](C)C3)ccc2F)c1. The number of nitrogens with zero attached hydrogens (tertiary/aromatic N) is 2. The number of nitrogens with one attached hydrogen (secondary N) is 1. The predicted molar refractivity (Wildman–Crippen MR) is 118 cm³/mol. The van der Waals surface area contributed by atoms with Crippen LogP contribution in [0.4, 0.5) is 14.5 Å². The number of rotatable bonds is 4. The van der Waals surface area contributed by atoms with Gasteiger partial charge < -0.3 is 10.4 Å². The van der Waals surface area contributed by atoms with Crippen molar-refractivity contribution in [2.24, 2.45) is 5.92 Å². The van der Waals surface area contributed by atoms with Gasteiger partial charge in [-0.15, -0.1) is 0 Å². The zero-order valence-corrected chi connectivity index (χ0v) is 18.0. The molecular weight excluding hydrogens is 412 g/mol. The summed E-state index contributed by atoms with van der Waals surface area (Å²) in [5, 5.41) is 12.9. The van der Waals surface area contributed by atoms with Crippen LogP contribution in [0.15, 0.2) is 48.8 Å². The normalized spacial score (nSPS) is 20.7. The minimum Gasteiger partial charge on any atom is -0.393 e. The number of pyridine rings is 2. The lowest BCUT2D eigenvalue weighted by Gasteiger charge is -2.32. The fourth-order valence-corrected chi connectivity index (χ4v) is 4.29. The van der Waals surface area contributed by atoms with Gasteiger partial charge in [0, 0.05) is 11.8 Å². The molecule has 32 heavy (non-hydrogen) atoms. The summed E-state index contributed by atoms with van der Waals surface area (Å²) in [6.45, 7) is 3.79. The Morgan fingerprint density at radius 1 is 1.12 bits per heavy atom. The molecule has 0 aliphatic heterocycles. The molecule has 2 aromatic heterocycles. The molecule has 2 N–H and O–H groups in total. The van der Waals surface area contributed by atoms with Gasteiger partial charge >= 0.3 is 0 Å². The van der Waals surface area contributed by atoms with Crippen LogP contribution >= 0.6 is 0 Å². The molecule has 4 rings (SSSR count). The maximum absolute atomic E-state index is 14.4. The number of anilines is 1. The van der Waals surface area contributed by atoms with Crippen LogP contribution in [0.5, 0.6) is 0 Å². The Hall–Kier alpha value is -3.19. The van der Waals surface area contributed by atoms with Crippen molar-refractivity contribution in [1.82, 2.24) is 9.97 Å². The Balaban J connectivity index is 1.61. The van der Waals surface area contributed by atoms with E-state index in [0.29, 0.717) is 12.1 Å². The third-order valence-corrected chi connectivity index (χ3v) is 6.12. The lowest BCUT2D eigenvalue weighted by atomic mass is 9.77. The average Bonchev–Trinajstić information content (AvgIpc) is 2.78. The molecule has 166 valence electrons. The predicted octanol–water partition coefficient (Wildman–Crippen LogP) is 5.25. The number of carbonyl (C=O) groups is 1. The molecule has 1 aliphatic carbocycles. The lowest BCUT2D eigenvalue weighted by molar-refractivity contribution is 0.0712. The first kappa shape index (κ1) is 22.0. The molecule has 5 nitrogen and oxygen atoms in total. The van der Waals surface area contributed by atoms with Gasteiger partial charge in [-0.3, -0.25) is 9.78 Å². The van der Waals surface area contributed by atoms with Crippen molar-refractivity contribution >= 4 is 11.6 Å². The Morgan fingerprint density at radius 3 is 2.69 bits per heavy atom. The van der Waals surface area contributed by atoms with Crippen LogP contribution in [0, 0.1) is 24.5 Å². The van der Waals surface area contributed by atoms with Gasteiger partial charge in [0.1, 0.15) is 23.0 Å². The summed E-state index contributed by atoms with van der Waals surface area (Å²) < 4.78 is 28.7. The van der Waals surface area contributed by atoms with Crippen LogP contribution in [0.25, 0.3) is 11.3 Å². The van der Waals surface area contributed by atoms with Crippen molar-refractivity contribution < 1.29 is 18.7 Å². The average molecular weight is 437 g/mol. The van der Waals surface area contributed by atoms with Crippen molar-refractivity contribution in [3.05, 3.63) is 77.2 Å². The number of benzene rings is 1. The van der Waals surface area contributed by atoms with Gasteiger partial charge in [-0.05, 0) is 73.9 Å². The summed E-state index contributed by atoms with van der Waals surface area (Å²) in [5.41, 5.74) is 2.03. The molecule has 1 unspecified atom stereocenters. The van der Waals surface area contributed by atoms with Crippen molar-refractivity contribution in [1.29, 1.82) is 0 Å². The van der Waals surface area contributed by atoms with E-state index in [0.717, 1.165) is 30.0 Å². The quantitative estimate of drug-likeness (QED) is 0.585. The van der Waals surface area contributed by atoms with Crippen LogP contribution in [0.1, 0.15) is 53.7 Å². The molecule has 1 saturated carbocycles. The van der Waals surface area contributed by atoms with E-state index in [2.05, 4.69) is 15.3 Å². The Morgan fingerprint density at radius 2 is 1.91 bits per heavy atom. The van der Waals surface area contributed by atoms with E-state index in [4.69, 9.17) is 0 Å². The standard InChI is InChI=1S/C25H25F2N3O2/c1-14-3-5-19(26)18(11-14)24-20(27)6-7-21(29-24)25(32)30-22-13-28-10-9-17(22)16-4-8-23(31)15(2)12-16/h3,5-7,9-11,13,15-16,23,31H,4,8,12H2,1-2H3,(H,30,32)/t15-,16-,23?/m0/s1. The molecule has 1 aliphatic rings. The van der Waals surface area contributed by atoms with Crippen molar-refractivity contribution in [2.45, 2.75) is 45.1 Å². The van der Waals surface area contributed by atoms with E-state index >= 15 is 0 Å². The second kappa shape index (κ2) is 9.12. The molecule has 0 radical (unpaired) electrons. The van der Waals surface area contributed by atoms with Gasteiger partial charge in [0.15, 0.2) is 0 Å². The zero-order chi connectivity index (χ0) is 22.8. The second-order valence-electron chi connectivity index (χ2n) is 8.48. The molecule has 2 heterocycles. The minimum absolute atomic E-state index is 0.00830. The van der Waals surface area contributed by atoms with Crippen molar-refractivity contribution in [2.75, 3.05) is 5.32 Å². The highest BCUT2D eigenvalue weighted by atomic mass is 19.1. The fourth-order valence-electron chi connectivity index (χ4n) is 4.29. The van der Waals surface area contributed by atoms with Gasteiger partial charge in [0.05, 0.1) is 18.0 Å². The van der Waals surface area contributed by atoms with Crippen LogP contribution in [-0.4, -0.2) is 27.1 Å². The molecule has 0 bridgehead atoms. The van der Waals surface area contributed by atoms with E-state index in [1.54, 1.807) is 25.4 Å². The number of aryl methyl sites for hydroxylation is 1. The number of hydrogen-bond donors (Lipinski definition) is 2. The first-order valence-corrected chi connectivity index (χ1v) is 10.7. The molecule has 3 aromatic rings. The monoisotopic (exact) mass is 437 g/mol. The summed E-state index contributed by atoms with van der Waals surface area (Å²) in [6.07, 6.45) is 5.26. The fraction of sp³-hybridized carbons (Fsp3) is 0.320. The van der Waals surface area contributed by atoms with Crippen LogP contribution < -0.4 is 5.32 Å². The smallest absolute Gasteiger partial charge is 0.274 e. The summed E-state index contributed by atoms with van der Waals surface area (Å²) in [4.78, 5) is 21.2. The lowest BCUT2D eigenvalue weighted by Crippen LogP contribution is -2.26. The number of aliphatic hydroxyl groups excluding tert-OH is 1. The molecule has 1 fully saturated rings. The van der Waals surface area contributed by atoms with E-state index < -0.39 is 17.5 Å². The van der Waals surface area contributed by atoms with Gasteiger partial charge in [-0.1, -0.05) is 18.6 Å². The minimum atomic E-state index is -0.706. The topological polar surface area (TPSA) is 75.1 Å². The number of hydrogen-bond acceptors (Lipinski definition) is 4. The highest BCUT2D eigenvalue weighted by molar-refractivity contribution is 6.03. The van der Waals surface area contributed by atoms with E-state index in [-0.39, 0.29) is 34.9 Å². The zero-order valence-electron chi connectivity index (χ0n) is 18.0.